The Kier molecular flexibility index (Phi) is 5.86. The fraction of sp³-hybridized carbons (Fsp3) is 0.625. The van der Waals surface area contributed by atoms with Gasteiger partial charge >= 0.3 is 6.03 Å². The highest BCUT2D eigenvalue weighted by atomic mass is 16.2. The van der Waals surface area contributed by atoms with E-state index >= 15 is 0 Å². The van der Waals surface area contributed by atoms with Crippen molar-refractivity contribution in [1.29, 1.82) is 0 Å². The zero-order valence-corrected chi connectivity index (χ0v) is 18.4. The number of benzene rings is 1. The average Bonchev–Trinajstić information content (AvgIpc) is 3.09. The smallest absolute Gasteiger partial charge is 0.317 e. The Labute approximate surface area is 174 Å². The molecule has 2 aromatic rings. The number of amides is 2. The number of hydrogen-bond acceptors (Lipinski definition) is 2. The zero-order valence-electron chi connectivity index (χ0n) is 18.4. The first-order valence-electron chi connectivity index (χ1n) is 11.5. The molecule has 1 aromatic carbocycles. The lowest BCUT2D eigenvalue weighted by molar-refractivity contribution is 0.0978. The SMILES string of the molecule is CCCN1C[C@@H](NC(=O)N(CC)CC)CC2c3cccc4[nH]c(CC)c(c34)C[C@H]21. The van der Waals surface area contributed by atoms with Crippen LogP contribution in [0.5, 0.6) is 0 Å². The molecule has 5 heteroatoms. The fourth-order valence-electron chi connectivity index (χ4n) is 5.69. The Balaban J connectivity index is 1.67. The van der Waals surface area contributed by atoms with E-state index in [1.54, 1.807) is 0 Å². The molecule has 1 aliphatic heterocycles. The molecule has 1 saturated heterocycles. The van der Waals surface area contributed by atoms with Crippen LogP contribution >= 0.6 is 0 Å². The van der Waals surface area contributed by atoms with Crippen molar-refractivity contribution in [2.45, 2.75) is 71.4 Å². The van der Waals surface area contributed by atoms with Crippen LogP contribution in [0.4, 0.5) is 4.79 Å². The minimum absolute atomic E-state index is 0.0829. The van der Waals surface area contributed by atoms with Gasteiger partial charge in [0.2, 0.25) is 0 Å². The lowest BCUT2D eigenvalue weighted by atomic mass is 9.73. The number of nitrogens with zero attached hydrogens (tertiary/aromatic N) is 2. The van der Waals surface area contributed by atoms with Crippen molar-refractivity contribution in [3.8, 4) is 0 Å². The number of aromatic nitrogens is 1. The lowest BCUT2D eigenvalue weighted by Crippen LogP contribution is -2.57. The number of fused-ring (bicyclic) bond motifs is 2. The van der Waals surface area contributed by atoms with Crippen LogP contribution in [0.25, 0.3) is 10.9 Å². The van der Waals surface area contributed by atoms with Gasteiger partial charge in [-0.05, 0) is 63.3 Å². The molecule has 4 rings (SSSR count). The van der Waals surface area contributed by atoms with Gasteiger partial charge in [0, 0.05) is 54.2 Å². The number of carbonyl (C=O) groups is 1. The summed E-state index contributed by atoms with van der Waals surface area (Å²) in [6.45, 7) is 12.2. The van der Waals surface area contributed by atoms with E-state index in [1.807, 2.05) is 18.7 Å². The van der Waals surface area contributed by atoms with Gasteiger partial charge in [-0.1, -0.05) is 26.0 Å². The van der Waals surface area contributed by atoms with Crippen molar-refractivity contribution >= 4 is 16.9 Å². The molecule has 1 aromatic heterocycles. The Morgan fingerprint density at radius 3 is 2.72 bits per heavy atom. The monoisotopic (exact) mass is 396 g/mol. The molecule has 29 heavy (non-hydrogen) atoms. The number of aryl methyl sites for hydroxylation is 1. The van der Waals surface area contributed by atoms with E-state index in [0.29, 0.717) is 12.0 Å². The second kappa shape index (κ2) is 8.39. The number of urea groups is 1. The molecule has 0 radical (unpaired) electrons. The molecular formula is C24H36N4O. The van der Waals surface area contributed by atoms with E-state index < -0.39 is 0 Å². The second-order valence-electron chi connectivity index (χ2n) is 8.63. The van der Waals surface area contributed by atoms with Gasteiger partial charge in [0.15, 0.2) is 0 Å². The van der Waals surface area contributed by atoms with Gasteiger partial charge in [0.25, 0.3) is 0 Å². The number of likely N-dealkylation sites (tertiary alicyclic amines) is 1. The molecule has 2 amide bonds. The van der Waals surface area contributed by atoms with Gasteiger partial charge in [-0.3, -0.25) is 4.90 Å². The molecule has 1 unspecified atom stereocenters. The van der Waals surface area contributed by atoms with Gasteiger partial charge in [-0.25, -0.2) is 4.79 Å². The summed E-state index contributed by atoms with van der Waals surface area (Å²) in [7, 11) is 0. The maximum Gasteiger partial charge on any atom is 0.317 e. The second-order valence-corrected chi connectivity index (χ2v) is 8.63. The van der Waals surface area contributed by atoms with Crippen LogP contribution in [0.15, 0.2) is 18.2 Å². The van der Waals surface area contributed by atoms with Gasteiger partial charge in [-0.2, -0.15) is 0 Å². The van der Waals surface area contributed by atoms with Crippen LogP contribution in [-0.2, 0) is 12.8 Å². The Morgan fingerprint density at radius 1 is 1.24 bits per heavy atom. The third-order valence-electron chi connectivity index (χ3n) is 7.03. The number of nitrogens with one attached hydrogen (secondary N) is 2. The van der Waals surface area contributed by atoms with Crippen molar-refractivity contribution in [2.75, 3.05) is 26.2 Å². The number of carbonyl (C=O) groups excluding carboxylic acids is 1. The van der Waals surface area contributed by atoms with Crippen LogP contribution in [0.3, 0.4) is 0 Å². The number of piperidine rings is 1. The van der Waals surface area contributed by atoms with Crippen LogP contribution in [0, 0.1) is 0 Å². The molecule has 0 saturated carbocycles. The molecule has 2 aliphatic rings. The number of H-pyrrole nitrogens is 1. The highest BCUT2D eigenvalue weighted by molar-refractivity contribution is 5.89. The summed E-state index contributed by atoms with van der Waals surface area (Å²) in [5.41, 5.74) is 5.70. The molecule has 1 fully saturated rings. The van der Waals surface area contributed by atoms with Crippen LogP contribution < -0.4 is 5.32 Å². The molecule has 2 heterocycles. The van der Waals surface area contributed by atoms with Gasteiger partial charge in [0.05, 0.1) is 0 Å². The Bertz CT molecular complexity index is 869. The lowest BCUT2D eigenvalue weighted by Gasteiger charge is -2.47. The first kappa shape index (κ1) is 20.3. The van der Waals surface area contributed by atoms with Gasteiger partial charge < -0.3 is 15.2 Å². The topological polar surface area (TPSA) is 51.4 Å². The first-order chi connectivity index (χ1) is 14.1. The molecule has 5 nitrogen and oxygen atoms in total. The molecule has 0 spiro atoms. The summed E-state index contributed by atoms with van der Waals surface area (Å²) in [5.74, 6) is 0.481. The van der Waals surface area contributed by atoms with E-state index in [9.17, 15) is 4.79 Å². The summed E-state index contributed by atoms with van der Waals surface area (Å²) in [6.07, 6.45) is 4.35. The summed E-state index contributed by atoms with van der Waals surface area (Å²) in [4.78, 5) is 20.9. The molecule has 0 bridgehead atoms. The summed E-state index contributed by atoms with van der Waals surface area (Å²) in [6, 6.07) is 7.57. The van der Waals surface area contributed by atoms with E-state index in [0.717, 1.165) is 51.9 Å². The van der Waals surface area contributed by atoms with E-state index in [1.165, 1.54) is 27.7 Å². The van der Waals surface area contributed by atoms with E-state index in [4.69, 9.17) is 0 Å². The zero-order chi connectivity index (χ0) is 20.5. The molecule has 158 valence electrons. The molecule has 1 aliphatic carbocycles. The first-order valence-corrected chi connectivity index (χ1v) is 11.5. The Hall–Kier alpha value is -2.01. The van der Waals surface area contributed by atoms with Crippen molar-refractivity contribution in [3.05, 3.63) is 35.0 Å². The van der Waals surface area contributed by atoms with E-state index in [2.05, 4.69) is 47.2 Å². The number of hydrogen-bond donors (Lipinski definition) is 2. The minimum Gasteiger partial charge on any atom is -0.358 e. The van der Waals surface area contributed by atoms with Gasteiger partial charge in [-0.15, -0.1) is 0 Å². The van der Waals surface area contributed by atoms with E-state index in [-0.39, 0.29) is 12.1 Å². The third kappa shape index (κ3) is 3.54. The summed E-state index contributed by atoms with van der Waals surface area (Å²) < 4.78 is 0. The van der Waals surface area contributed by atoms with Gasteiger partial charge in [0.1, 0.15) is 0 Å². The molecular weight excluding hydrogens is 360 g/mol. The highest BCUT2D eigenvalue weighted by Gasteiger charge is 2.41. The predicted molar refractivity (Wildman–Crippen MR) is 120 cm³/mol. The van der Waals surface area contributed by atoms with Crippen molar-refractivity contribution in [1.82, 2.24) is 20.1 Å². The summed E-state index contributed by atoms with van der Waals surface area (Å²) in [5, 5.41) is 4.81. The maximum atomic E-state index is 12.7. The standard InChI is InChI=1S/C24H36N4O/c1-5-12-28-15-16(25-24(29)27(7-3)8-4)13-18-17-10-9-11-21-23(17)19(14-22(18)28)20(6-2)26-21/h9-11,16,18,22,26H,5-8,12-15H2,1-4H3,(H,25,29)/t16-,18?,22+/m0/s1. The predicted octanol–water partition coefficient (Wildman–Crippen LogP) is 4.27. The van der Waals surface area contributed by atoms with Crippen LogP contribution in [-0.4, -0.2) is 59.1 Å². The third-order valence-corrected chi connectivity index (χ3v) is 7.03. The van der Waals surface area contributed by atoms with Crippen LogP contribution in [0.2, 0.25) is 0 Å². The minimum atomic E-state index is 0.0829. The summed E-state index contributed by atoms with van der Waals surface area (Å²) >= 11 is 0. The number of aromatic amines is 1. The maximum absolute atomic E-state index is 12.7. The fourth-order valence-corrected chi connectivity index (χ4v) is 5.69. The normalized spacial score (nSPS) is 23.8. The van der Waals surface area contributed by atoms with Crippen molar-refractivity contribution in [2.24, 2.45) is 0 Å². The molecule has 3 atom stereocenters. The quantitative estimate of drug-likeness (QED) is 0.766. The number of rotatable bonds is 6. The van der Waals surface area contributed by atoms with Crippen molar-refractivity contribution in [3.63, 3.8) is 0 Å². The van der Waals surface area contributed by atoms with Crippen LogP contribution in [0.1, 0.15) is 63.3 Å². The average molecular weight is 397 g/mol. The largest absolute Gasteiger partial charge is 0.358 e. The highest BCUT2D eigenvalue weighted by Crippen LogP contribution is 2.44. The Morgan fingerprint density at radius 2 is 2.03 bits per heavy atom. The molecule has 2 N–H and O–H groups in total. The van der Waals surface area contributed by atoms with Crippen molar-refractivity contribution < 1.29 is 4.79 Å².